The van der Waals surface area contributed by atoms with E-state index in [1.54, 1.807) is 13.2 Å². The number of carbonyl (C=O) groups is 1. The third kappa shape index (κ3) is 3.15. The Morgan fingerprint density at radius 3 is 3.00 bits per heavy atom. The zero-order valence-corrected chi connectivity index (χ0v) is 13.3. The second-order valence-electron chi connectivity index (χ2n) is 5.56. The van der Waals surface area contributed by atoms with E-state index in [2.05, 4.69) is 15.3 Å². The van der Waals surface area contributed by atoms with Crippen molar-refractivity contribution in [2.75, 3.05) is 13.6 Å². The molecule has 2 heterocycles. The van der Waals surface area contributed by atoms with E-state index >= 15 is 0 Å². The van der Waals surface area contributed by atoms with Crippen LogP contribution in [0.25, 0.3) is 0 Å². The molecule has 0 saturated carbocycles. The molecule has 1 amide bonds. The minimum absolute atomic E-state index is 0.0334. The molecule has 1 aromatic heterocycles. The summed E-state index contributed by atoms with van der Waals surface area (Å²) in [5, 5.41) is 7.84. The maximum absolute atomic E-state index is 11.7. The van der Waals surface area contributed by atoms with Crippen LogP contribution in [-0.2, 0) is 17.9 Å². The summed E-state index contributed by atoms with van der Waals surface area (Å²) >= 11 is 6.26. The van der Waals surface area contributed by atoms with Crippen molar-refractivity contribution in [3.05, 3.63) is 52.8 Å². The highest BCUT2D eigenvalue weighted by atomic mass is 35.5. The van der Waals surface area contributed by atoms with Crippen molar-refractivity contribution in [2.45, 2.75) is 25.6 Å². The van der Waals surface area contributed by atoms with Gasteiger partial charge in [0, 0.05) is 37.9 Å². The number of nitrogens with zero attached hydrogens (tertiary/aromatic N) is 3. The number of nitrogens with one attached hydrogen (secondary N) is 1. The van der Waals surface area contributed by atoms with E-state index in [0.717, 1.165) is 35.9 Å². The lowest BCUT2D eigenvalue weighted by Crippen LogP contribution is -2.39. The molecular weight excluding hydrogens is 300 g/mol. The van der Waals surface area contributed by atoms with E-state index in [-0.39, 0.29) is 11.9 Å². The van der Waals surface area contributed by atoms with Crippen LogP contribution in [-0.4, -0.2) is 34.2 Å². The summed E-state index contributed by atoms with van der Waals surface area (Å²) in [5.74, 6) is 0.0334. The molecule has 2 aromatic rings. The molecule has 1 atom stereocenters. The predicted octanol–water partition coefficient (Wildman–Crippen LogP) is 2.23. The molecule has 1 unspecified atom stereocenters. The van der Waals surface area contributed by atoms with Crippen molar-refractivity contribution in [1.29, 1.82) is 0 Å². The van der Waals surface area contributed by atoms with Gasteiger partial charge in [-0.2, -0.15) is 5.10 Å². The van der Waals surface area contributed by atoms with Crippen LogP contribution < -0.4 is 5.32 Å². The van der Waals surface area contributed by atoms with Crippen molar-refractivity contribution in [3.8, 4) is 0 Å². The normalized spacial score (nSPS) is 18.0. The molecule has 5 nitrogen and oxygen atoms in total. The molecule has 0 spiro atoms. The van der Waals surface area contributed by atoms with Crippen LogP contribution in [0.3, 0.4) is 0 Å². The van der Waals surface area contributed by atoms with Gasteiger partial charge in [-0.25, -0.2) is 0 Å². The zero-order chi connectivity index (χ0) is 15.5. The highest BCUT2D eigenvalue weighted by molar-refractivity contribution is 6.31. The molecule has 3 rings (SSSR count). The first-order chi connectivity index (χ1) is 10.7. The van der Waals surface area contributed by atoms with Gasteiger partial charge in [0.25, 0.3) is 0 Å². The first-order valence-electron chi connectivity index (χ1n) is 7.36. The Balaban J connectivity index is 1.78. The second kappa shape index (κ2) is 6.50. The Bertz CT molecular complexity index is 670. The molecule has 0 bridgehead atoms. The van der Waals surface area contributed by atoms with Crippen LogP contribution in [0.5, 0.6) is 0 Å². The maximum Gasteiger partial charge on any atom is 0.221 e. The van der Waals surface area contributed by atoms with Crippen LogP contribution in [0, 0.1) is 0 Å². The zero-order valence-electron chi connectivity index (χ0n) is 12.5. The molecular formula is C16H19ClN4O. The number of halogens is 1. The fraction of sp³-hybridized carbons (Fsp3) is 0.375. The molecule has 0 saturated heterocycles. The van der Waals surface area contributed by atoms with Crippen LogP contribution in [0.2, 0.25) is 5.02 Å². The number of hydrogen-bond acceptors (Lipinski definition) is 3. The summed E-state index contributed by atoms with van der Waals surface area (Å²) < 4.78 is 1.97. The summed E-state index contributed by atoms with van der Waals surface area (Å²) in [6.45, 7) is 2.37. The average molecular weight is 319 g/mol. The molecule has 0 aliphatic carbocycles. The third-order valence-electron chi connectivity index (χ3n) is 4.00. The number of amides is 1. The van der Waals surface area contributed by atoms with Crippen molar-refractivity contribution < 1.29 is 4.79 Å². The summed E-state index contributed by atoms with van der Waals surface area (Å²) in [6.07, 6.45) is 2.23. The van der Waals surface area contributed by atoms with Crippen molar-refractivity contribution in [2.24, 2.45) is 0 Å². The molecule has 22 heavy (non-hydrogen) atoms. The smallest absolute Gasteiger partial charge is 0.221 e. The van der Waals surface area contributed by atoms with E-state index in [1.807, 2.05) is 35.0 Å². The lowest BCUT2D eigenvalue weighted by molar-refractivity contribution is -0.121. The lowest BCUT2D eigenvalue weighted by atomic mass is 10.1. The topological polar surface area (TPSA) is 50.2 Å². The van der Waals surface area contributed by atoms with E-state index in [1.165, 1.54) is 0 Å². The second-order valence-corrected chi connectivity index (χ2v) is 5.97. The Kier molecular flexibility index (Phi) is 4.45. The minimum atomic E-state index is 0.0334. The number of aromatic nitrogens is 2. The highest BCUT2D eigenvalue weighted by Gasteiger charge is 2.27. The molecule has 0 radical (unpaired) electrons. The molecule has 6 heteroatoms. The SMILES string of the molecule is CNC(=O)CC1CN(Cc2ccccc2Cl)Cc2ccnn21. The number of rotatable bonds is 4. The first-order valence-corrected chi connectivity index (χ1v) is 7.74. The standard InChI is InChI=1S/C16H19ClN4O/c1-18-16(22)8-14-11-20(10-13-6-7-19-21(13)14)9-12-4-2-3-5-15(12)17/h2-7,14H,8-11H2,1H3,(H,18,22). The Morgan fingerprint density at radius 2 is 2.23 bits per heavy atom. The number of benzene rings is 1. The number of hydrogen-bond donors (Lipinski definition) is 1. The lowest BCUT2D eigenvalue weighted by Gasteiger charge is -2.33. The minimum Gasteiger partial charge on any atom is -0.359 e. The van der Waals surface area contributed by atoms with E-state index in [9.17, 15) is 4.79 Å². The van der Waals surface area contributed by atoms with Crippen LogP contribution in [0.15, 0.2) is 36.5 Å². The van der Waals surface area contributed by atoms with Gasteiger partial charge in [-0.15, -0.1) is 0 Å². The van der Waals surface area contributed by atoms with Crippen molar-refractivity contribution in [3.63, 3.8) is 0 Å². The van der Waals surface area contributed by atoms with Gasteiger partial charge in [0.1, 0.15) is 0 Å². The van der Waals surface area contributed by atoms with Crippen LogP contribution >= 0.6 is 11.6 Å². The number of fused-ring (bicyclic) bond motifs is 1. The van der Waals surface area contributed by atoms with Crippen LogP contribution in [0.4, 0.5) is 0 Å². The fourth-order valence-corrected chi connectivity index (χ4v) is 3.12. The Labute approximate surface area is 134 Å². The third-order valence-corrected chi connectivity index (χ3v) is 4.37. The van der Waals surface area contributed by atoms with Gasteiger partial charge >= 0.3 is 0 Å². The van der Waals surface area contributed by atoms with E-state index in [0.29, 0.717) is 6.42 Å². The number of carbonyl (C=O) groups excluding carboxylic acids is 1. The molecule has 116 valence electrons. The van der Waals surface area contributed by atoms with Gasteiger partial charge in [-0.1, -0.05) is 29.8 Å². The van der Waals surface area contributed by atoms with Gasteiger partial charge in [0.2, 0.25) is 5.91 Å². The predicted molar refractivity (Wildman–Crippen MR) is 85.5 cm³/mol. The quantitative estimate of drug-likeness (QED) is 0.940. The van der Waals surface area contributed by atoms with E-state index in [4.69, 9.17) is 11.6 Å². The van der Waals surface area contributed by atoms with Gasteiger partial charge in [0.15, 0.2) is 0 Å². The summed E-state index contributed by atoms with van der Waals surface area (Å²) in [4.78, 5) is 14.1. The molecule has 1 aromatic carbocycles. The average Bonchev–Trinajstić information content (AvgIpc) is 2.98. The van der Waals surface area contributed by atoms with Gasteiger partial charge in [-0.05, 0) is 17.7 Å². The van der Waals surface area contributed by atoms with Crippen molar-refractivity contribution in [1.82, 2.24) is 20.0 Å². The Morgan fingerprint density at radius 1 is 1.41 bits per heavy atom. The van der Waals surface area contributed by atoms with E-state index < -0.39 is 0 Å². The largest absolute Gasteiger partial charge is 0.359 e. The summed E-state index contributed by atoms with van der Waals surface area (Å²) in [7, 11) is 1.66. The molecule has 1 aliphatic heterocycles. The summed E-state index contributed by atoms with van der Waals surface area (Å²) in [6, 6.07) is 9.95. The van der Waals surface area contributed by atoms with Gasteiger partial charge in [-0.3, -0.25) is 14.4 Å². The summed E-state index contributed by atoms with van der Waals surface area (Å²) in [5.41, 5.74) is 2.24. The Hall–Kier alpha value is -1.85. The molecule has 1 aliphatic rings. The maximum atomic E-state index is 11.7. The fourth-order valence-electron chi connectivity index (χ4n) is 2.92. The van der Waals surface area contributed by atoms with Gasteiger partial charge < -0.3 is 5.32 Å². The molecule has 0 fully saturated rings. The first kappa shape index (κ1) is 15.1. The van der Waals surface area contributed by atoms with Crippen molar-refractivity contribution >= 4 is 17.5 Å². The van der Waals surface area contributed by atoms with Crippen LogP contribution in [0.1, 0.15) is 23.7 Å². The monoisotopic (exact) mass is 318 g/mol. The highest BCUT2D eigenvalue weighted by Crippen LogP contribution is 2.26. The van der Waals surface area contributed by atoms with Gasteiger partial charge in [0.05, 0.1) is 18.2 Å². The molecule has 1 N–H and O–H groups in total.